The molecule has 2 heterocycles. The molecule has 1 aliphatic rings. The highest BCUT2D eigenvalue weighted by molar-refractivity contribution is 6.35. The predicted octanol–water partition coefficient (Wildman–Crippen LogP) is 3.08. The first kappa shape index (κ1) is 13.9. The van der Waals surface area contributed by atoms with Crippen molar-refractivity contribution < 1.29 is 19.1 Å². The number of hydrogen-bond donors (Lipinski definition) is 1. The quantitative estimate of drug-likeness (QED) is 0.925. The number of carboxylic acid groups (broad SMARTS) is 1. The molecular formula is C15H14ClNO4. The Morgan fingerprint density at radius 2 is 2.19 bits per heavy atom. The first-order valence-corrected chi connectivity index (χ1v) is 7.10. The molecule has 0 spiro atoms. The Morgan fingerprint density at radius 3 is 2.86 bits per heavy atom. The number of furan rings is 1. The summed E-state index contributed by atoms with van der Waals surface area (Å²) in [5, 5.41) is 10.4. The minimum Gasteiger partial charge on any atom is -0.480 e. The first-order chi connectivity index (χ1) is 10.0. The Balaban J connectivity index is 2.04. The van der Waals surface area contributed by atoms with Gasteiger partial charge in [-0.15, -0.1) is 0 Å². The number of fused-ring (bicyclic) bond motifs is 1. The molecule has 0 aliphatic carbocycles. The number of hydrogen-bond acceptors (Lipinski definition) is 3. The van der Waals surface area contributed by atoms with E-state index < -0.39 is 12.0 Å². The van der Waals surface area contributed by atoms with E-state index in [0.717, 1.165) is 5.39 Å². The molecule has 1 saturated heterocycles. The second kappa shape index (κ2) is 5.07. The number of nitrogens with zero attached hydrogens (tertiary/aromatic N) is 1. The summed E-state index contributed by atoms with van der Waals surface area (Å²) in [7, 11) is 0. The van der Waals surface area contributed by atoms with Crippen LogP contribution in [0.3, 0.4) is 0 Å². The molecule has 1 N–H and O–H groups in total. The Hall–Kier alpha value is -2.01. The van der Waals surface area contributed by atoms with Gasteiger partial charge in [-0.05, 0) is 25.8 Å². The maximum absolute atomic E-state index is 12.6. The SMILES string of the molecule is Cc1c(C(=O)N2CCC[C@H]2C(=O)O)oc2c(Cl)cccc12. The summed E-state index contributed by atoms with van der Waals surface area (Å²) >= 11 is 6.07. The summed E-state index contributed by atoms with van der Waals surface area (Å²) < 4.78 is 5.62. The van der Waals surface area contributed by atoms with Gasteiger partial charge in [-0.3, -0.25) is 4.79 Å². The Bertz CT molecular complexity index is 737. The molecule has 1 aromatic heterocycles. The zero-order valence-electron chi connectivity index (χ0n) is 11.4. The van der Waals surface area contributed by atoms with E-state index in [1.807, 2.05) is 6.07 Å². The Kier molecular flexibility index (Phi) is 3.37. The lowest BCUT2D eigenvalue weighted by Crippen LogP contribution is -2.40. The van der Waals surface area contributed by atoms with Crippen LogP contribution in [0.1, 0.15) is 29.0 Å². The van der Waals surface area contributed by atoms with Crippen LogP contribution < -0.4 is 0 Å². The highest BCUT2D eigenvalue weighted by Gasteiger charge is 2.36. The van der Waals surface area contributed by atoms with E-state index in [0.29, 0.717) is 35.6 Å². The third kappa shape index (κ3) is 2.17. The van der Waals surface area contributed by atoms with E-state index in [-0.39, 0.29) is 11.7 Å². The first-order valence-electron chi connectivity index (χ1n) is 6.72. The third-order valence-electron chi connectivity index (χ3n) is 3.91. The normalized spacial score (nSPS) is 18.4. The molecule has 5 nitrogen and oxygen atoms in total. The number of benzene rings is 1. The number of aryl methyl sites for hydroxylation is 1. The molecule has 21 heavy (non-hydrogen) atoms. The molecule has 110 valence electrons. The number of carboxylic acids is 1. The number of aliphatic carboxylic acids is 1. The minimum atomic E-state index is -0.979. The molecule has 1 fully saturated rings. The van der Waals surface area contributed by atoms with Crippen molar-refractivity contribution in [1.82, 2.24) is 4.90 Å². The van der Waals surface area contributed by atoms with Crippen molar-refractivity contribution in [3.8, 4) is 0 Å². The van der Waals surface area contributed by atoms with Crippen molar-refractivity contribution in [1.29, 1.82) is 0 Å². The highest BCUT2D eigenvalue weighted by Crippen LogP contribution is 2.32. The molecule has 1 amide bonds. The van der Waals surface area contributed by atoms with Crippen molar-refractivity contribution in [2.24, 2.45) is 0 Å². The van der Waals surface area contributed by atoms with E-state index in [1.54, 1.807) is 19.1 Å². The molecule has 2 aromatic rings. The molecule has 1 aromatic carbocycles. The fraction of sp³-hybridized carbons (Fsp3) is 0.333. The van der Waals surface area contributed by atoms with E-state index in [4.69, 9.17) is 16.0 Å². The topological polar surface area (TPSA) is 70.8 Å². The monoisotopic (exact) mass is 307 g/mol. The summed E-state index contributed by atoms with van der Waals surface area (Å²) in [6.07, 6.45) is 1.16. The van der Waals surface area contributed by atoms with Crippen molar-refractivity contribution in [2.45, 2.75) is 25.8 Å². The number of amides is 1. The third-order valence-corrected chi connectivity index (χ3v) is 4.21. The summed E-state index contributed by atoms with van der Waals surface area (Å²) in [5.41, 5.74) is 1.15. The van der Waals surface area contributed by atoms with E-state index in [1.165, 1.54) is 4.90 Å². The van der Waals surface area contributed by atoms with Gasteiger partial charge in [-0.1, -0.05) is 23.7 Å². The van der Waals surface area contributed by atoms with Gasteiger partial charge in [0.15, 0.2) is 11.3 Å². The van der Waals surface area contributed by atoms with Crippen LogP contribution in [-0.4, -0.2) is 34.5 Å². The van der Waals surface area contributed by atoms with Crippen LogP contribution >= 0.6 is 11.6 Å². The number of para-hydroxylation sites is 1. The lowest BCUT2D eigenvalue weighted by molar-refractivity contribution is -0.141. The molecule has 0 bridgehead atoms. The summed E-state index contributed by atoms with van der Waals surface area (Å²) in [6, 6.07) is 4.53. The smallest absolute Gasteiger partial charge is 0.326 e. The number of halogens is 1. The number of carbonyl (C=O) groups is 2. The highest BCUT2D eigenvalue weighted by atomic mass is 35.5. The van der Waals surface area contributed by atoms with Gasteiger partial charge in [0.25, 0.3) is 5.91 Å². The van der Waals surface area contributed by atoms with Crippen LogP contribution in [0, 0.1) is 6.92 Å². The molecule has 0 unspecified atom stereocenters. The maximum Gasteiger partial charge on any atom is 0.326 e. The largest absolute Gasteiger partial charge is 0.480 e. The van der Waals surface area contributed by atoms with Gasteiger partial charge in [0.1, 0.15) is 6.04 Å². The van der Waals surface area contributed by atoms with Gasteiger partial charge in [-0.2, -0.15) is 0 Å². The van der Waals surface area contributed by atoms with Crippen LogP contribution in [0.5, 0.6) is 0 Å². The lowest BCUT2D eigenvalue weighted by atomic mass is 10.1. The zero-order valence-corrected chi connectivity index (χ0v) is 12.2. The maximum atomic E-state index is 12.6. The second-order valence-corrected chi connectivity index (χ2v) is 5.57. The molecule has 0 saturated carbocycles. The molecule has 1 aliphatic heterocycles. The van der Waals surface area contributed by atoms with Gasteiger partial charge >= 0.3 is 5.97 Å². The summed E-state index contributed by atoms with van der Waals surface area (Å²) in [5.74, 6) is -1.19. The minimum absolute atomic E-state index is 0.172. The van der Waals surface area contributed by atoms with Gasteiger partial charge in [0.05, 0.1) is 5.02 Å². The predicted molar refractivity (Wildman–Crippen MR) is 77.7 cm³/mol. The van der Waals surface area contributed by atoms with Gasteiger partial charge in [0.2, 0.25) is 0 Å². The standard InChI is InChI=1S/C15H14ClNO4/c1-8-9-4-2-5-10(16)13(9)21-12(8)14(18)17-7-3-6-11(17)15(19)20/h2,4-5,11H,3,6-7H2,1H3,(H,19,20)/t11-/m0/s1. The molecular weight excluding hydrogens is 294 g/mol. The average Bonchev–Trinajstić information content (AvgIpc) is 3.05. The van der Waals surface area contributed by atoms with Crippen LogP contribution in [0.2, 0.25) is 5.02 Å². The second-order valence-electron chi connectivity index (χ2n) is 5.17. The van der Waals surface area contributed by atoms with Crippen LogP contribution in [-0.2, 0) is 4.79 Å². The Morgan fingerprint density at radius 1 is 1.43 bits per heavy atom. The molecule has 6 heteroatoms. The van der Waals surface area contributed by atoms with E-state index in [2.05, 4.69) is 0 Å². The van der Waals surface area contributed by atoms with Crippen molar-refractivity contribution in [2.75, 3.05) is 6.54 Å². The van der Waals surface area contributed by atoms with Crippen molar-refractivity contribution in [3.63, 3.8) is 0 Å². The molecule has 0 radical (unpaired) electrons. The van der Waals surface area contributed by atoms with Crippen LogP contribution in [0.4, 0.5) is 0 Å². The van der Waals surface area contributed by atoms with Crippen LogP contribution in [0.15, 0.2) is 22.6 Å². The van der Waals surface area contributed by atoms with Crippen molar-refractivity contribution >= 4 is 34.4 Å². The summed E-state index contributed by atoms with van der Waals surface area (Å²) in [6.45, 7) is 2.21. The number of carbonyl (C=O) groups excluding carboxylic acids is 1. The van der Waals surface area contributed by atoms with E-state index >= 15 is 0 Å². The van der Waals surface area contributed by atoms with Crippen molar-refractivity contribution in [3.05, 3.63) is 34.5 Å². The Labute approximate surface area is 126 Å². The van der Waals surface area contributed by atoms with Crippen LogP contribution in [0.25, 0.3) is 11.0 Å². The average molecular weight is 308 g/mol. The molecule has 1 atom stereocenters. The number of rotatable bonds is 2. The molecule has 3 rings (SSSR count). The zero-order chi connectivity index (χ0) is 15.1. The van der Waals surface area contributed by atoms with Gasteiger partial charge < -0.3 is 14.4 Å². The number of likely N-dealkylation sites (tertiary alicyclic amines) is 1. The summed E-state index contributed by atoms with van der Waals surface area (Å²) in [4.78, 5) is 25.2. The fourth-order valence-corrected chi connectivity index (χ4v) is 3.02. The van der Waals surface area contributed by atoms with Gasteiger partial charge in [0, 0.05) is 17.5 Å². The fourth-order valence-electron chi connectivity index (χ4n) is 2.81. The van der Waals surface area contributed by atoms with Gasteiger partial charge in [-0.25, -0.2) is 4.79 Å². The van der Waals surface area contributed by atoms with E-state index in [9.17, 15) is 14.7 Å². The lowest BCUT2D eigenvalue weighted by Gasteiger charge is -2.20.